The molecule has 1 atom stereocenters. The SMILES string of the molecule is COCCCN(CCOC)CC(C)CBr. The lowest BCUT2D eigenvalue weighted by Gasteiger charge is -2.24. The van der Waals surface area contributed by atoms with E-state index in [4.69, 9.17) is 9.47 Å². The molecule has 0 fully saturated rings. The Balaban J connectivity index is 3.72. The van der Waals surface area contributed by atoms with Crippen molar-refractivity contribution in [1.82, 2.24) is 4.90 Å². The molecular weight excluding hydrogens is 258 g/mol. The second kappa shape index (κ2) is 10.9. The van der Waals surface area contributed by atoms with Gasteiger partial charge in [-0.1, -0.05) is 22.9 Å². The van der Waals surface area contributed by atoms with Crippen LogP contribution in [0.5, 0.6) is 0 Å². The monoisotopic (exact) mass is 281 g/mol. The fourth-order valence-corrected chi connectivity index (χ4v) is 1.64. The molecule has 0 aliphatic heterocycles. The molecular formula is C11H24BrNO2. The molecule has 0 rings (SSSR count). The second-order valence-corrected chi connectivity index (χ2v) is 4.55. The maximum Gasteiger partial charge on any atom is 0.0589 e. The average Bonchev–Trinajstić information content (AvgIpc) is 2.25. The van der Waals surface area contributed by atoms with Crippen LogP contribution in [0.2, 0.25) is 0 Å². The number of methoxy groups -OCH3 is 2. The van der Waals surface area contributed by atoms with Crippen molar-refractivity contribution >= 4 is 15.9 Å². The van der Waals surface area contributed by atoms with Gasteiger partial charge >= 0.3 is 0 Å². The number of hydrogen-bond donors (Lipinski definition) is 0. The summed E-state index contributed by atoms with van der Waals surface area (Å²) in [6.07, 6.45) is 1.09. The van der Waals surface area contributed by atoms with Gasteiger partial charge in [-0.2, -0.15) is 0 Å². The predicted molar refractivity (Wildman–Crippen MR) is 67.8 cm³/mol. The van der Waals surface area contributed by atoms with Crippen LogP contribution in [0.3, 0.4) is 0 Å². The van der Waals surface area contributed by atoms with Crippen molar-refractivity contribution in [1.29, 1.82) is 0 Å². The van der Waals surface area contributed by atoms with Gasteiger partial charge in [0.15, 0.2) is 0 Å². The van der Waals surface area contributed by atoms with Gasteiger partial charge in [0.2, 0.25) is 0 Å². The molecule has 0 saturated heterocycles. The van der Waals surface area contributed by atoms with E-state index in [9.17, 15) is 0 Å². The van der Waals surface area contributed by atoms with Crippen molar-refractivity contribution < 1.29 is 9.47 Å². The fraction of sp³-hybridized carbons (Fsp3) is 1.00. The number of rotatable bonds is 10. The number of halogens is 1. The quantitative estimate of drug-likeness (QED) is 0.452. The summed E-state index contributed by atoms with van der Waals surface area (Å²) in [5.74, 6) is 0.685. The van der Waals surface area contributed by atoms with Crippen LogP contribution in [0.4, 0.5) is 0 Å². The molecule has 1 unspecified atom stereocenters. The van der Waals surface area contributed by atoms with Crippen molar-refractivity contribution in [2.45, 2.75) is 13.3 Å². The van der Waals surface area contributed by atoms with Crippen LogP contribution in [-0.4, -0.2) is 57.3 Å². The minimum Gasteiger partial charge on any atom is -0.385 e. The van der Waals surface area contributed by atoms with Crippen molar-refractivity contribution in [3.05, 3.63) is 0 Å². The number of alkyl halides is 1. The molecule has 4 heteroatoms. The van der Waals surface area contributed by atoms with E-state index in [2.05, 4.69) is 27.8 Å². The lowest BCUT2D eigenvalue weighted by atomic mass is 10.2. The molecule has 0 saturated carbocycles. The largest absolute Gasteiger partial charge is 0.385 e. The lowest BCUT2D eigenvalue weighted by Crippen LogP contribution is -2.33. The fourth-order valence-electron chi connectivity index (χ4n) is 1.44. The summed E-state index contributed by atoms with van der Waals surface area (Å²) in [5.41, 5.74) is 0. The Morgan fingerprint density at radius 2 is 1.80 bits per heavy atom. The highest BCUT2D eigenvalue weighted by molar-refractivity contribution is 9.09. The highest BCUT2D eigenvalue weighted by atomic mass is 79.9. The zero-order chi connectivity index (χ0) is 11.5. The smallest absolute Gasteiger partial charge is 0.0589 e. The van der Waals surface area contributed by atoms with Crippen LogP contribution < -0.4 is 0 Å². The first kappa shape index (κ1) is 15.4. The molecule has 0 aliphatic rings. The maximum absolute atomic E-state index is 5.11. The molecule has 15 heavy (non-hydrogen) atoms. The Labute approximate surface area is 102 Å². The summed E-state index contributed by atoms with van der Waals surface area (Å²) < 4.78 is 10.2. The molecule has 0 aliphatic carbocycles. The Kier molecular flexibility index (Phi) is 11.1. The molecule has 0 spiro atoms. The van der Waals surface area contributed by atoms with E-state index in [1.807, 2.05) is 0 Å². The molecule has 0 radical (unpaired) electrons. The Hall–Kier alpha value is 0.360. The van der Waals surface area contributed by atoms with Crippen LogP contribution in [-0.2, 0) is 9.47 Å². The van der Waals surface area contributed by atoms with Gasteiger partial charge < -0.3 is 14.4 Å². The molecule has 3 nitrogen and oxygen atoms in total. The van der Waals surface area contributed by atoms with Gasteiger partial charge in [-0.15, -0.1) is 0 Å². The summed E-state index contributed by atoms with van der Waals surface area (Å²) in [7, 11) is 3.50. The van der Waals surface area contributed by atoms with Crippen LogP contribution in [0.1, 0.15) is 13.3 Å². The topological polar surface area (TPSA) is 21.7 Å². The second-order valence-electron chi connectivity index (χ2n) is 3.90. The van der Waals surface area contributed by atoms with Crippen LogP contribution in [0.25, 0.3) is 0 Å². The molecule has 0 aromatic rings. The number of ether oxygens (including phenoxy) is 2. The molecule has 0 N–H and O–H groups in total. The van der Waals surface area contributed by atoms with Gasteiger partial charge in [-0.3, -0.25) is 0 Å². The zero-order valence-corrected chi connectivity index (χ0v) is 11.8. The molecule has 0 aromatic carbocycles. The average molecular weight is 282 g/mol. The summed E-state index contributed by atoms with van der Waals surface area (Å²) >= 11 is 3.51. The number of hydrogen-bond acceptors (Lipinski definition) is 3. The molecule has 0 amide bonds. The van der Waals surface area contributed by atoms with Gasteiger partial charge in [0.25, 0.3) is 0 Å². The Bertz CT molecular complexity index is 136. The van der Waals surface area contributed by atoms with Gasteiger partial charge in [0.1, 0.15) is 0 Å². The predicted octanol–water partition coefficient (Wildman–Crippen LogP) is 2.00. The first-order valence-electron chi connectivity index (χ1n) is 5.50. The lowest BCUT2D eigenvalue weighted by molar-refractivity contribution is 0.126. The Morgan fingerprint density at radius 3 is 2.33 bits per heavy atom. The molecule has 0 heterocycles. The van der Waals surface area contributed by atoms with Gasteiger partial charge in [-0.05, 0) is 12.3 Å². The van der Waals surface area contributed by atoms with E-state index in [-0.39, 0.29) is 0 Å². The van der Waals surface area contributed by atoms with E-state index < -0.39 is 0 Å². The summed E-state index contributed by atoms with van der Waals surface area (Å²) in [6, 6.07) is 0. The summed E-state index contributed by atoms with van der Waals surface area (Å²) in [6.45, 7) is 7.13. The van der Waals surface area contributed by atoms with Crippen molar-refractivity contribution in [3.63, 3.8) is 0 Å². The third kappa shape index (κ3) is 9.30. The third-order valence-corrected chi connectivity index (χ3v) is 3.37. The number of nitrogens with zero attached hydrogens (tertiary/aromatic N) is 1. The standard InChI is InChI=1S/C11H24BrNO2/c1-11(9-12)10-13(6-8-15-3)5-4-7-14-2/h11H,4-10H2,1-3H3. The molecule has 0 bridgehead atoms. The normalized spacial score (nSPS) is 13.4. The first-order chi connectivity index (χ1) is 7.24. The van der Waals surface area contributed by atoms with Crippen LogP contribution in [0.15, 0.2) is 0 Å². The highest BCUT2D eigenvalue weighted by Gasteiger charge is 2.08. The van der Waals surface area contributed by atoms with E-state index in [0.29, 0.717) is 5.92 Å². The van der Waals surface area contributed by atoms with Crippen LogP contribution >= 0.6 is 15.9 Å². The van der Waals surface area contributed by atoms with E-state index in [1.54, 1.807) is 14.2 Å². The molecule has 92 valence electrons. The van der Waals surface area contributed by atoms with Crippen molar-refractivity contribution in [2.24, 2.45) is 5.92 Å². The van der Waals surface area contributed by atoms with Crippen LogP contribution in [0, 0.1) is 5.92 Å². The minimum absolute atomic E-state index is 0.685. The summed E-state index contributed by atoms with van der Waals surface area (Å²) in [4.78, 5) is 2.44. The van der Waals surface area contributed by atoms with E-state index >= 15 is 0 Å². The minimum atomic E-state index is 0.685. The van der Waals surface area contributed by atoms with Gasteiger partial charge in [0, 0.05) is 45.8 Å². The van der Waals surface area contributed by atoms with Crippen molar-refractivity contribution in [2.75, 3.05) is 52.4 Å². The van der Waals surface area contributed by atoms with E-state index in [1.165, 1.54) is 0 Å². The van der Waals surface area contributed by atoms with Crippen molar-refractivity contribution in [3.8, 4) is 0 Å². The van der Waals surface area contributed by atoms with Gasteiger partial charge in [-0.25, -0.2) is 0 Å². The third-order valence-electron chi connectivity index (χ3n) is 2.27. The zero-order valence-electron chi connectivity index (χ0n) is 10.2. The van der Waals surface area contributed by atoms with Gasteiger partial charge in [0.05, 0.1) is 6.61 Å². The first-order valence-corrected chi connectivity index (χ1v) is 6.63. The molecule has 0 aromatic heterocycles. The highest BCUT2D eigenvalue weighted by Crippen LogP contribution is 2.04. The summed E-state index contributed by atoms with van der Waals surface area (Å²) in [5, 5.41) is 1.06. The van der Waals surface area contributed by atoms with E-state index in [0.717, 1.165) is 44.6 Å². The Morgan fingerprint density at radius 1 is 1.13 bits per heavy atom. The maximum atomic E-state index is 5.11.